The third kappa shape index (κ3) is 1.58. The molecule has 22 heavy (non-hydrogen) atoms. The molecule has 3 heteroatoms. The number of benzene rings is 1. The van der Waals surface area contributed by atoms with Gasteiger partial charge in [0.1, 0.15) is 0 Å². The van der Waals surface area contributed by atoms with E-state index in [0.717, 1.165) is 30.4 Å². The van der Waals surface area contributed by atoms with Gasteiger partial charge in [-0.3, -0.25) is 4.79 Å². The second-order valence-electron chi connectivity index (χ2n) is 7.96. The highest BCUT2D eigenvalue weighted by Gasteiger charge is 2.52. The number of Topliss-reactive ketones (excluding diaryl/α,β-unsaturated/α-hetero) is 1. The van der Waals surface area contributed by atoms with Crippen molar-refractivity contribution in [2.45, 2.75) is 43.9 Å². The minimum Gasteiger partial charge on any atom is -0.350 e. The van der Waals surface area contributed by atoms with E-state index in [1.165, 1.54) is 16.5 Å². The van der Waals surface area contributed by atoms with Gasteiger partial charge in [0.2, 0.25) is 0 Å². The Balaban J connectivity index is 2.11. The highest BCUT2D eigenvalue weighted by molar-refractivity contribution is 6.84. The lowest BCUT2D eigenvalue weighted by molar-refractivity contribution is -0.117. The first-order valence-electron chi connectivity index (χ1n) is 8.17. The Bertz CT molecular complexity index is 837. The van der Waals surface area contributed by atoms with Crippen molar-refractivity contribution in [2.24, 2.45) is 7.05 Å². The summed E-state index contributed by atoms with van der Waals surface area (Å²) in [5.41, 5.74) is 4.77. The van der Waals surface area contributed by atoms with Gasteiger partial charge in [-0.15, -0.1) is 0 Å². The Morgan fingerprint density at radius 2 is 2.00 bits per heavy atom. The molecular weight excluding hydrogens is 286 g/mol. The number of aryl methyl sites for hydroxylation is 1. The Hall–Kier alpha value is -1.61. The molecule has 1 heterocycles. The van der Waals surface area contributed by atoms with Gasteiger partial charge in [-0.25, -0.2) is 0 Å². The van der Waals surface area contributed by atoms with Gasteiger partial charge < -0.3 is 4.57 Å². The molecule has 0 fully saturated rings. The van der Waals surface area contributed by atoms with E-state index in [-0.39, 0.29) is 5.04 Å². The number of allylic oxidation sites excluding steroid dienone is 2. The molecule has 2 aliphatic rings. The van der Waals surface area contributed by atoms with E-state index in [9.17, 15) is 4.79 Å². The molecule has 2 aliphatic carbocycles. The van der Waals surface area contributed by atoms with Gasteiger partial charge in [-0.1, -0.05) is 37.8 Å². The van der Waals surface area contributed by atoms with Crippen LogP contribution in [0.25, 0.3) is 16.5 Å². The molecule has 2 nitrogen and oxygen atoms in total. The maximum absolute atomic E-state index is 13.4. The molecule has 0 spiro atoms. The van der Waals surface area contributed by atoms with E-state index < -0.39 is 8.07 Å². The first-order valence-corrected chi connectivity index (χ1v) is 11.7. The molecule has 0 saturated carbocycles. The summed E-state index contributed by atoms with van der Waals surface area (Å²) in [6.45, 7) is 7.10. The molecule has 1 atom stereocenters. The lowest BCUT2D eigenvalue weighted by Crippen LogP contribution is -2.47. The van der Waals surface area contributed by atoms with Crippen molar-refractivity contribution in [1.29, 1.82) is 0 Å². The lowest BCUT2D eigenvalue weighted by atomic mass is 9.83. The monoisotopic (exact) mass is 309 g/mol. The summed E-state index contributed by atoms with van der Waals surface area (Å²) in [4.78, 5) is 13.4. The van der Waals surface area contributed by atoms with Crippen LogP contribution in [-0.4, -0.2) is 18.4 Å². The van der Waals surface area contributed by atoms with Gasteiger partial charge in [-0.05, 0) is 36.5 Å². The number of carbonyl (C=O) groups is 1. The van der Waals surface area contributed by atoms with Crippen LogP contribution in [0.5, 0.6) is 0 Å². The number of hydrogen-bond donors (Lipinski definition) is 0. The fourth-order valence-electron chi connectivity index (χ4n) is 4.53. The Morgan fingerprint density at radius 1 is 1.23 bits per heavy atom. The zero-order chi connectivity index (χ0) is 15.7. The predicted molar refractivity (Wildman–Crippen MR) is 94.9 cm³/mol. The van der Waals surface area contributed by atoms with E-state index in [2.05, 4.69) is 61.7 Å². The summed E-state index contributed by atoms with van der Waals surface area (Å²) in [6.07, 6.45) is 7.43. The van der Waals surface area contributed by atoms with Crippen LogP contribution in [0, 0.1) is 0 Å². The van der Waals surface area contributed by atoms with E-state index in [0.29, 0.717) is 5.78 Å². The van der Waals surface area contributed by atoms with Crippen LogP contribution in [0.15, 0.2) is 30.5 Å². The molecule has 0 unspecified atom stereocenters. The number of aromatic nitrogens is 1. The zero-order valence-electron chi connectivity index (χ0n) is 13.9. The molecule has 114 valence electrons. The highest BCUT2D eigenvalue weighted by Crippen LogP contribution is 2.55. The lowest BCUT2D eigenvalue weighted by Gasteiger charge is -2.44. The van der Waals surface area contributed by atoms with Crippen molar-refractivity contribution >= 4 is 30.3 Å². The average molecular weight is 309 g/mol. The van der Waals surface area contributed by atoms with Gasteiger partial charge in [0.25, 0.3) is 0 Å². The summed E-state index contributed by atoms with van der Waals surface area (Å²) < 4.78 is 2.22. The molecule has 0 aliphatic heterocycles. The van der Waals surface area contributed by atoms with Crippen molar-refractivity contribution in [1.82, 2.24) is 4.57 Å². The summed E-state index contributed by atoms with van der Waals surface area (Å²) >= 11 is 0. The number of nitrogens with zero attached hydrogens (tertiary/aromatic N) is 1. The number of ketones is 1. The first kappa shape index (κ1) is 14.0. The molecule has 0 amide bonds. The number of fused-ring (bicyclic) bond motifs is 3. The van der Waals surface area contributed by atoms with Crippen LogP contribution >= 0.6 is 0 Å². The van der Waals surface area contributed by atoms with Crippen molar-refractivity contribution in [3.63, 3.8) is 0 Å². The van der Waals surface area contributed by atoms with E-state index >= 15 is 0 Å². The van der Waals surface area contributed by atoms with Crippen LogP contribution in [0.4, 0.5) is 0 Å². The average Bonchev–Trinajstić information content (AvgIpc) is 2.75. The predicted octanol–water partition coefficient (Wildman–Crippen LogP) is 4.56. The van der Waals surface area contributed by atoms with Gasteiger partial charge in [0.15, 0.2) is 5.78 Å². The second-order valence-corrected chi connectivity index (χ2v) is 13.4. The summed E-state index contributed by atoms with van der Waals surface area (Å²) in [5, 5.41) is 1.18. The maximum atomic E-state index is 13.4. The summed E-state index contributed by atoms with van der Waals surface area (Å²) in [6, 6.07) is 6.40. The minimum absolute atomic E-state index is 0.135. The Morgan fingerprint density at radius 3 is 2.73 bits per heavy atom. The molecule has 1 aromatic heterocycles. The van der Waals surface area contributed by atoms with E-state index in [1.54, 1.807) is 0 Å². The summed E-state index contributed by atoms with van der Waals surface area (Å²) in [7, 11) is 0.477. The standard InChI is InChI=1S/C19H23NOSi/c1-20-12-13-11-19(22(2,3)4)10-6-8-15(18(19)21)14-7-5-9-16(20)17(13)14/h5,7-9,12H,6,10-11H2,1-4H3/t19-/m0/s1. The second kappa shape index (κ2) is 4.22. The third-order valence-corrected chi connectivity index (χ3v) is 9.44. The molecule has 2 aromatic rings. The SMILES string of the molecule is Cn1cc2c3c(cccc31)C1=CCC[C@]([Si](C)(C)C)(C2)C1=O. The van der Waals surface area contributed by atoms with Crippen LogP contribution < -0.4 is 0 Å². The van der Waals surface area contributed by atoms with E-state index in [1.807, 2.05) is 0 Å². The fraction of sp³-hybridized carbons (Fsp3) is 0.421. The Labute approximate surface area is 132 Å². The quantitative estimate of drug-likeness (QED) is 0.708. The van der Waals surface area contributed by atoms with Crippen molar-refractivity contribution in [3.8, 4) is 0 Å². The number of hydrogen-bond acceptors (Lipinski definition) is 1. The Kier molecular flexibility index (Phi) is 2.69. The van der Waals surface area contributed by atoms with Crippen molar-refractivity contribution < 1.29 is 4.79 Å². The van der Waals surface area contributed by atoms with Crippen molar-refractivity contribution in [3.05, 3.63) is 41.6 Å². The maximum Gasteiger partial charge on any atom is 0.166 e. The molecular formula is C19H23NOSi. The summed E-state index contributed by atoms with van der Waals surface area (Å²) in [5.74, 6) is 0.421. The van der Waals surface area contributed by atoms with Gasteiger partial charge in [0.05, 0.1) is 8.07 Å². The van der Waals surface area contributed by atoms with Crippen molar-refractivity contribution in [2.75, 3.05) is 0 Å². The van der Waals surface area contributed by atoms with Crippen LogP contribution in [0.1, 0.15) is 24.0 Å². The van der Waals surface area contributed by atoms with E-state index in [4.69, 9.17) is 0 Å². The van der Waals surface area contributed by atoms with Crippen LogP contribution in [0.3, 0.4) is 0 Å². The first-order chi connectivity index (χ1) is 10.3. The minimum atomic E-state index is -1.64. The number of rotatable bonds is 1. The number of carbonyl (C=O) groups excluding carboxylic acids is 1. The largest absolute Gasteiger partial charge is 0.350 e. The highest BCUT2D eigenvalue weighted by atomic mass is 28.3. The van der Waals surface area contributed by atoms with Crippen LogP contribution in [-0.2, 0) is 18.3 Å². The fourth-order valence-corrected chi connectivity index (χ4v) is 6.96. The van der Waals surface area contributed by atoms with Crippen LogP contribution in [0.2, 0.25) is 24.7 Å². The third-order valence-electron chi connectivity index (χ3n) is 5.91. The normalized spacial score (nSPS) is 24.4. The smallest absolute Gasteiger partial charge is 0.166 e. The molecule has 4 rings (SSSR count). The van der Waals surface area contributed by atoms with Gasteiger partial charge in [-0.2, -0.15) is 0 Å². The van der Waals surface area contributed by atoms with Gasteiger partial charge >= 0.3 is 0 Å². The topological polar surface area (TPSA) is 22.0 Å². The van der Waals surface area contributed by atoms with Gasteiger partial charge in [0, 0.05) is 34.8 Å². The molecule has 1 aromatic carbocycles. The molecule has 0 N–H and O–H groups in total. The molecule has 0 radical (unpaired) electrons. The zero-order valence-corrected chi connectivity index (χ0v) is 14.9. The molecule has 0 saturated heterocycles. The molecule has 2 bridgehead atoms.